The van der Waals surface area contributed by atoms with E-state index >= 15 is 0 Å². The smallest absolute Gasteiger partial charge is 0.0611 e. The molecule has 0 amide bonds. The summed E-state index contributed by atoms with van der Waals surface area (Å²) in [5.41, 5.74) is 10.4. The van der Waals surface area contributed by atoms with Crippen molar-refractivity contribution in [1.29, 1.82) is 0 Å². The molecule has 0 aliphatic heterocycles. The third kappa shape index (κ3) is 4.27. The van der Waals surface area contributed by atoms with Crippen LogP contribution >= 0.6 is 0 Å². The van der Waals surface area contributed by atoms with Crippen molar-refractivity contribution in [3.8, 4) is 0 Å². The Morgan fingerprint density at radius 1 is 1.12 bits per heavy atom. The van der Waals surface area contributed by atoms with Crippen LogP contribution in [0.1, 0.15) is 67.6 Å². The van der Waals surface area contributed by atoms with E-state index in [2.05, 4.69) is 18.2 Å². The van der Waals surface area contributed by atoms with E-state index in [0.717, 1.165) is 44.3 Å². The van der Waals surface area contributed by atoms with Crippen LogP contribution in [0.4, 0.5) is 0 Å². The average molecular weight is 344 g/mol. The highest BCUT2D eigenvalue weighted by Gasteiger charge is 2.36. The molecule has 1 aromatic rings. The van der Waals surface area contributed by atoms with Crippen LogP contribution in [0, 0.1) is 11.8 Å². The summed E-state index contributed by atoms with van der Waals surface area (Å²) in [5, 5.41) is 9.50. The number of aliphatic hydroxyl groups excluding tert-OH is 1. The molecule has 3 aliphatic rings. The number of benzene rings is 1. The molecule has 138 valence electrons. The van der Waals surface area contributed by atoms with Gasteiger partial charge in [0.15, 0.2) is 0 Å². The monoisotopic (exact) mass is 343 g/mol. The lowest BCUT2D eigenvalue weighted by molar-refractivity contribution is 0.109. The van der Waals surface area contributed by atoms with E-state index in [4.69, 9.17) is 10.5 Å². The molecule has 0 aromatic heterocycles. The number of hydrogen-bond donors (Lipinski definition) is 2. The van der Waals surface area contributed by atoms with Gasteiger partial charge in [-0.1, -0.05) is 18.2 Å². The minimum atomic E-state index is -0.355. The molecule has 3 heteroatoms. The van der Waals surface area contributed by atoms with Gasteiger partial charge in [0.05, 0.1) is 6.61 Å². The molecule has 0 unspecified atom stereocenters. The maximum absolute atomic E-state index is 9.50. The van der Waals surface area contributed by atoms with Crippen LogP contribution in [0.15, 0.2) is 18.2 Å². The van der Waals surface area contributed by atoms with Crippen molar-refractivity contribution in [3.05, 3.63) is 34.9 Å². The first-order valence-electron chi connectivity index (χ1n) is 10.2. The largest absolute Gasteiger partial charge is 0.394 e. The first kappa shape index (κ1) is 17.5. The van der Waals surface area contributed by atoms with Gasteiger partial charge >= 0.3 is 0 Å². The number of aryl methyl sites for hydroxylation is 1. The van der Waals surface area contributed by atoms with Gasteiger partial charge in [-0.05, 0) is 92.2 Å². The molecule has 3 aliphatic carbocycles. The molecule has 2 saturated carbocycles. The zero-order valence-corrected chi connectivity index (χ0v) is 15.4. The predicted octanol–water partition coefficient (Wildman–Crippen LogP) is 3.57. The van der Waals surface area contributed by atoms with Crippen LogP contribution in [0.25, 0.3) is 0 Å². The highest BCUT2D eigenvalue weighted by Crippen LogP contribution is 2.40. The van der Waals surface area contributed by atoms with E-state index in [0.29, 0.717) is 5.92 Å². The molecule has 2 fully saturated rings. The lowest BCUT2D eigenvalue weighted by Crippen LogP contribution is -2.40. The van der Waals surface area contributed by atoms with Crippen LogP contribution in [0.5, 0.6) is 0 Å². The molecule has 3 nitrogen and oxygen atoms in total. The number of rotatable bonds is 7. The summed E-state index contributed by atoms with van der Waals surface area (Å²) in [4.78, 5) is 0. The van der Waals surface area contributed by atoms with Crippen LogP contribution in [0.3, 0.4) is 0 Å². The summed E-state index contributed by atoms with van der Waals surface area (Å²) in [5.74, 6) is 2.19. The van der Waals surface area contributed by atoms with Crippen molar-refractivity contribution in [2.75, 3.05) is 19.8 Å². The Balaban J connectivity index is 1.31. The molecule has 0 bridgehead atoms. The number of aliphatic hydroxyl groups is 1. The summed E-state index contributed by atoms with van der Waals surface area (Å²) in [7, 11) is 0. The van der Waals surface area contributed by atoms with Crippen molar-refractivity contribution >= 4 is 0 Å². The fraction of sp³-hybridized carbons (Fsp3) is 0.727. The molecule has 0 radical (unpaired) electrons. The number of ether oxygens (including phenoxy) is 1. The van der Waals surface area contributed by atoms with Crippen molar-refractivity contribution in [1.82, 2.24) is 0 Å². The third-order valence-corrected chi connectivity index (χ3v) is 6.71. The van der Waals surface area contributed by atoms with E-state index < -0.39 is 0 Å². The molecule has 0 spiro atoms. The van der Waals surface area contributed by atoms with Crippen LogP contribution in [-0.2, 0) is 17.6 Å². The standard InChI is InChI=1S/C22H33NO2/c23-22(15-24)9-7-21(13-22)20-6-5-18-11-16(3-4-19(18)12-20)8-10-25-14-17-1-2-17/h5-6,12,16-17,21,24H,1-4,7-11,13-15,23H2/t16-,21+,22-/m1/s1. The van der Waals surface area contributed by atoms with E-state index in [1.165, 1.54) is 44.1 Å². The molecular weight excluding hydrogens is 310 g/mol. The van der Waals surface area contributed by atoms with Crippen LogP contribution in [0.2, 0.25) is 0 Å². The van der Waals surface area contributed by atoms with E-state index in [9.17, 15) is 5.11 Å². The molecule has 25 heavy (non-hydrogen) atoms. The second kappa shape index (κ2) is 7.38. The summed E-state index contributed by atoms with van der Waals surface area (Å²) < 4.78 is 5.83. The Bertz CT molecular complexity index is 598. The third-order valence-electron chi connectivity index (χ3n) is 6.71. The molecular formula is C22H33NO2. The molecule has 0 heterocycles. The second-order valence-electron chi connectivity index (χ2n) is 8.90. The molecule has 1 aromatic carbocycles. The van der Waals surface area contributed by atoms with Crippen molar-refractivity contribution in [3.63, 3.8) is 0 Å². The van der Waals surface area contributed by atoms with Gasteiger partial charge in [-0.25, -0.2) is 0 Å². The maximum atomic E-state index is 9.50. The molecule has 4 rings (SSSR count). The normalized spacial score (nSPS) is 31.9. The van der Waals surface area contributed by atoms with E-state index in [1.807, 2.05) is 0 Å². The Morgan fingerprint density at radius 3 is 2.76 bits per heavy atom. The maximum Gasteiger partial charge on any atom is 0.0611 e. The number of nitrogens with two attached hydrogens (primary N) is 1. The van der Waals surface area contributed by atoms with Crippen molar-refractivity contribution in [2.45, 2.75) is 69.2 Å². The summed E-state index contributed by atoms with van der Waals surface area (Å²) >= 11 is 0. The fourth-order valence-corrected chi connectivity index (χ4v) is 4.72. The predicted molar refractivity (Wildman–Crippen MR) is 101 cm³/mol. The van der Waals surface area contributed by atoms with E-state index in [-0.39, 0.29) is 12.1 Å². The molecule has 3 N–H and O–H groups in total. The highest BCUT2D eigenvalue weighted by molar-refractivity contribution is 5.36. The van der Waals surface area contributed by atoms with Gasteiger partial charge in [-0.15, -0.1) is 0 Å². The van der Waals surface area contributed by atoms with Gasteiger partial charge in [0.25, 0.3) is 0 Å². The van der Waals surface area contributed by atoms with Gasteiger partial charge in [-0.3, -0.25) is 0 Å². The van der Waals surface area contributed by atoms with Gasteiger partial charge in [-0.2, -0.15) is 0 Å². The Kier molecular flexibility index (Phi) is 5.17. The van der Waals surface area contributed by atoms with Gasteiger partial charge in [0.1, 0.15) is 0 Å². The second-order valence-corrected chi connectivity index (χ2v) is 8.90. The lowest BCUT2D eigenvalue weighted by Gasteiger charge is -2.26. The van der Waals surface area contributed by atoms with Gasteiger partial charge in [0.2, 0.25) is 0 Å². The topological polar surface area (TPSA) is 55.5 Å². The Morgan fingerprint density at radius 2 is 2.00 bits per heavy atom. The zero-order chi connectivity index (χ0) is 17.3. The first-order chi connectivity index (χ1) is 12.1. The van der Waals surface area contributed by atoms with E-state index in [1.54, 1.807) is 11.1 Å². The van der Waals surface area contributed by atoms with Crippen molar-refractivity contribution < 1.29 is 9.84 Å². The van der Waals surface area contributed by atoms with Gasteiger partial charge in [0, 0.05) is 18.8 Å². The fourth-order valence-electron chi connectivity index (χ4n) is 4.72. The minimum absolute atomic E-state index is 0.110. The zero-order valence-electron chi connectivity index (χ0n) is 15.4. The SMILES string of the molecule is N[C@]1(CO)CC[C@H](c2ccc3c(c2)CC[C@H](CCOCC2CC2)C3)C1. The molecule has 3 atom stereocenters. The lowest BCUT2D eigenvalue weighted by atomic mass is 9.80. The highest BCUT2D eigenvalue weighted by atomic mass is 16.5. The Labute approximate surface area is 152 Å². The molecule has 0 saturated heterocycles. The van der Waals surface area contributed by atoms with Crippen molar-refractivity contribution in [2.24, 2.45) is 17.6 Å². The first-order valence-corrected chi connectivity index (χ1v) is 10.2. The van der Waals surface area contributed by atoms with Gasteiger partial charge < -0.3 is 15.6 Å². The summed E-state index contributed by atoms with van der Waals surface area (Å²) in [6.07, 6.45) is 10.7. The summed E-state index contributed by atoms with van der Waals surface area (Å²) in [6, 6.07) is 7.11. The van der Waals surface area contributed by atoms with Crippen LogP contribution < -0.4 is 5.73 Å². The Hall–Kier alpha value is -0.900. The van der Waals surface area contributed by atoms with Crippen LogP contribution in [-0.4, -0.2) is 30.5 Å². The average Bonchev–Trinajstić information content (AvgIpc) is 3.38. The quantitative estimate of drug-likeness (QED) is 0.744. The minimum Gasteiger partial charge on any atom is -0.394 e. The number of hydrogen-bond acceptors (Lipinski definition) is 3. The number of fused-ring (bicyclic) bond motifs is 1. The summed E-state index contributed by atoms with van der Waals surface area (Å²) in [6.45, 7) is 2.04.